The van der Waals surface area contributed by atoms with E-state index in [4.69, 9.17) is 14.4 Å². The average Bonchev–Trinajstić information content (AvgIpc) is 3.70. The topological polar surface area (TPSA) is 38.9 Å². The van der Waals surface area contributed by atoms with Gasteiger partial charge in [0.05, 0.1) is 5.69 Å². The van der Waals surface area contributed by atoms with Crippen molar-refractivity contribution in [2.45, 2.75) is 13.1 Å². The summed E-state index contributed by atoms with van der Waals surface area (Å²) in [4.78, 5) is 10.9. The van der Waals surface area contributed by atoms with Crippen molar-refractivity contribution < 1.29 is 4.42 Å². The first kappa shape index (κ1) is 30.5. The van der Waals surface area contributed by atoms with Gasteiger partial charge in [0.2, 0.25) is 0 Å². The number of hydrogen-bond acceptors (Lipinski definition) is 3. The molecule has 52 heavy (non-hydrogen) atoms. The van der Waals surface area contributed by atoms with E-state index < -0.39 is 8.07 Å². The summed E-state index contributed by atoms with van der Waals surface area (Å²) in [7, 11) is -2.11. The zero-order chi connectivity index (χ0) is 34.8. The zero-order valence-corrected chi connectivity index (χ0v) is 30.0. The van der Waals surface area contributed by atoms with E-state index in [1.54, 1.807) is 0 Å². The van der Waals surface area contributed by atoms with Crippen molar-refractivity contribution in [3.8, 4) is 67.2 Å². The Labute approximate surface area is 303 Å². The molecule has 3 nitrogen and oxygen atoms in total. The number of rotatable bonds is 5. The molecular formula is C48H34N2OSi. The van der Waals surface area contributed by atoms with Gasteiger partial charge in [0.1, 0.15) is 19.2 Å². The van der Waals surface area contributed by atoms with E-state index in [0.29, 0.717) is 0 Å². The number of para-hydroxylation sites is 2. The van der Waals surface area contributed by atoms with Crippen LogP contribution in [0.5, 0.6) is 0 Å². The second-order valence-corrected chi connectivity index (χ2v) is 18.4. The monoisotopic (exact) mass is 682 g/mol. The van der Waals surface area contributed by atoms with Gasteiger partial charge >= 0.3 is 0 Å². The van der Waals surface area contributed by atoms with Crippen molar-refractivity contribution >= 4 is 40.5 Å². The quantitative estimate of drug-likeness (QED) is 0.170. The lowest BCUT2D eigenvalue weighted by Crippen LogP contribution is -2.50. The molecule has 7 aromatic carbocycles. The minimum Gasteiger partial charge on any atom is -0.455 e. The summed E-state index contributed by atoms with van der Waals surface area (Å²) < 4.78 is 6.40. The predicted molar refractivity (Wildman–Crippen MR) is 219 cm³/mol. The summed E-state index contributed by atoms with van der Waals surface area (Å²) >= 11 is 0. The van der Waals surface area contributed by atoms with E-state index in [0.717, 1.165) is 66.8 Å². The molecule has 0 atom stereocenters. The molecule has 10 rings (SSSR count). The molecule has 0 amide bonds. The maximum Gasteiger partial charge on any atom is 0.159 e. The van der Waals surface area contributed by atoms with Crippen molar-refractivity contribution in [3.05, 3.63) is 170 Å². The fraction of sp³-hybridized carbons (Fsp3) is 0.0417. The molecule has 0 N–H and O–H groups in total. The Kier molecular flexibility index (Phi) is 6.95. The fourth-order valence-electron chi connectivity index (χ4n) is 8.04. The molecular weight excluding hydrogens is 649 g/mol. The molecule has 1 aliphatic rings. The Hall–Kier alpha value is -6.36. The molecule has 0 fully saturated rings. The zero-order valence-electron chi connectivity index (χ0n) is 29.0. The van der Waals surface area contributed by atoms with Gasteiger partial charge in [-0.05, 0) is 62.8 Å². The third-order valence-electron chi connectivity index (χ3n) is 10.6. The smallest absolute Gasteiger partial charge is 0.159 e. The highest BCUT2D eigenvalue weighted by atomic mass is 28.3. The molecule has 0 aliphatic carbocycles. The largest absolute Gasteiger partial charge is 0.455 e. The normalized spacial score (nSPS) is 13.0. The minimum atomic E-state index is -2.11. The summed E-state index contributed by atoms with van der Waals surface area (Å²) in [5, 5.41) is 4.89. The van der Waals surface area contributed by atoms with Crippen LogP contribution in [0.1, 0.15) is 0 Å². The van der Waals surface area contributed by atoms with E-state index in [2.05, 4.69) is 171 Å². The van der Waals surface area contributed by atoms with E-state index in [1.165, 1.54) is 32.8 Å². The summed E-state index contributed by atoms with van der Waals surface area (Å²) in [6, 6.07) is 60.3. The molecule has 4 heteroatoms. The lowest BCUT2D eigenvalue weighted by atomic mass is 9.96. The van der Waals surface area contributed by atoms with Crippen molar-refractivity contribution in [3.63, 3.8) is 0 Å². The number of nitrogens with zero attached hydrogens (tertiary/aromatic N) is 2. The molecule has 0 spiro atoms. The van der Waals surface area contributed by atoms with Gasteiger partial charge in [0.15, 0.2) is 5.82 Å². The van der Waals surface area contributed by atoms with Crippen molar-refractivity contribution in [1.82, 2.24) is 9.97 Å². The van der Waals surface area contributed by atoms with E-state index in [1.807, 2.05) is 12.1 Å². The van der Waals surface area contributed by atoms with Gasteiger partial charge in [-0.2, -0.15) is 0 Å². The first-order valence-electron chi connectivity index (χ1n) is 17.8. The standard InChI is InChI=1S/C48H34N2OSi/c1-52(2)43-27-9-7-23-41(43)44-45(36-20-11-16-32(29-36)31-14-4-3-5-15-31)49-47(50-48(44)52)37-21-12-18-34(30-37)33-17-10-19-35(28-33)38-24-13-25-40-39-22-6-8-26-42(39)51-46(38)40/h3-30H,1-2H3. The Morgan fingerprint density at radius 2 is 1.00 bits per heavy atom. The first-order chi connectivity index (χ1) is 25.5. The Morgan fingerprint density at radius 1 is 0.442 bits per heavy atom. The van der Waals surface area contributed by atoms with Gasteiger partial charge in [-0.15, -0.1) is 0 Å². The molecule has 9 aromatic rings. The first-order valence-corrected chi connectivity index (χ1v) is 20.8. The van der Waals surface area contributed by atoms with Crippen LogP contribution in [0.15, 0.2) is 174 Å². The fourth-order valence-corrected chi connectivity index (χ4v) is 10.9. The van der Waals surface area contributed by atoms with Gasteiger partial charge in [0.25, 0.3) is 0 Å². The van der Waals surface area contributed by atoms with E-state index >= 15 is 0 Å². The van der Waals surface area contributed by atoms with Gasteiger partial charge in [-0.25, -0.2) is 9.97 Å². The van der Waals surface area contributed by atoms with Crippen molar-refractivity contribution in [2.24, 2.45) is 0 Å². The molecule has 2 aromatic heterocycles. The summed E-state index contributed by atoms with van der Waals surface area (Å²) in [6.07, 6.45) is 0. The molecule has 0 bridgehead atoms. The van der Waals surface area contributed by atoms with Gasteiger partial charge in [-0.1, -0.05) is 159 Å². The molecule has 3 heterocycles. The van der Waals surface area contributed by atoms with Gasteiger partial charge in [0, 0.05) is 38.3 Å². The second-order valence-electron chi connectivity index (χ2n) is 14.2. The Balaban J connectivity index is 1.11. The third-order valence-corrected chi connectivity index (χ3v) is 14.0. The number of furan rings is 1. The number of aromatic nitrogens is 2. The van der Waals surface area contributed by atoms with Crippen LogP contribution in [0.4, 0.5) is 0 Å². The predicted octanol–water partition coefficient (Wildman–Crippen LogP) is 11.5. The highest BCUT2D eigenvalue weighted by molar-refractivity contribution is 7.03. The second kappa shape index (κ2) is 11.9. The van der Waals surface area contributed by atoms with Crippen LogP contribution < -0.4 is 10.5 Å². The van der Waals surface area contributed by atoms with Crippen molar-refractivity contribution in [2.75, 3.05) is 0 Å². The average molecular weight is 683 g/mol. The van der Waals surface area contributed by atoms with Crippen LogP contribution >= 0.6 is 0 Å². The summed E-state index contributed by atoms with van der Waals surface area (Å²) in [5.74, 6) is 0.761. The van der Waals surface area contributed by atoms with Gasteiger partial charge in [-0.3, -0.25) is 0 Å². The van der Waals surface area contributed by atoms with Crippen LogP contribution in [0.25, 0.3) is 89.1 Å². The third kappa shape index (κ3) is 4.87. The highest BCUT2D eigenvalue weighted by Gasteiger charge is 2.41. The van der Waals surface area contributed by atoms with Crippen LogP contribution in [0.3, 0.4) is 0 Å². The number of fused-ring (bicyclic) bond motifs is 6. The van der Waals surface area contributed by atoms with Crippen LogP contribution in [0, 0.1) is 0 Å². The van der Waals surface area contributed by atoms with Gasteiger partial charge < -0.3 is 4.42 Å². The molecule has 0 saturated heterocycles. The highest BCUT2D eigenvalue weighted by Crippen LogP contribution is 2.39. The molecule has 246 valence electrons. The summed E-state index contributed by atoms with van der Waals surface area (Å²) in [6.45, 7) is 4.84. The maximum absolute atomic E-state index is 6.40. The van der Waals surface area contributed by atoms with Crippen molar-refractivity contribution in [1.29, 1.82) is 0 Å². The lowest BCUT2D eigenvalue weighted by Gasteiger charge is -2.19. The Bertz CT molecular complexity index is 2830. The number of hydrogen-bond donors (Lipinski definition) is 0. The maximum atomic E-state index is 6.40. The minimum absolute atomic E-state index is 0.761. The molecule has 0 saturated carbocycles. The van der Waals surface area contributed by atoms with Crippen LogP contribution in [-0.4, -0.2) is 18.0 Å². The molecule has 0 radical (unpaired) electrons. The van der Waals surface area contributed by atoms with E-state index in [-0.39, 0.29) is 0 Å². The van der Waals surface area contributed by atoms with E-state index in [9.17, 15) is 0 Å². The lowest BCUT2D eigenvalue weighted by molar-refractivity contribution is 0.670. The SMILES string of the molecule is C[Si]1(C)c2ccccc2-c2c(-c3cccc(-c4ccccc4)c3)nc(-c3cccc(-c4cccc(-c5cccc6c5oc5ccccc56)c4)c3)nc21. The molecule has 0 unspecified atom stereocenters. The summed E-state index contributed by atoms with van der Waals surface area (Å²) in [5.41, 5.74) is 14.2. The molecule has 1 aliphatic heterocycles. The Morgan fingerprint density at radius 3 is 1.83 bits per heavy atom. The van der Waals surface area contributed by atoms with Crippen LogP contribution in [0.2, 0.25) is 13.1 Å². The number of benzene rings is 7. The van der Waals surface area contributed by atoms with Crippen LogP contribution in [-0.2, 0) is 0 Å².